The van der Waals surface area contributed by atoms with Crippen LogP contribution >= 0.6 is 11.3 Å². The second-order valence-corrected chi connectivity index (χ2v) is 10.7. The van der Waals surface area contributed by atoms with Gasteiger partial charge in [0.05, 0.1) is 5.69 Å². The van der Waals surface area contributed by atoms with Gasteiger partial charge in [0.1, 0.15) is 0 Å². The van der Waals surface area contributed by atoms with E-state index in [1.165, 1.54) is 55.8 Å². The Bertz CT molecular complexity index is 917. The molecule has 1 atom stereocenters. The van der Waals surface area contributed by atoms with Crippen molar-refractivity contribution in [3.05, 3.63) is 52.5 Å². The van der Waals surface area contributed by atoms with E-state index in [1.807, 2.05) is 36.4 Å². The molecule has 2 aromatic rings. The van der Waals surface area contributed by atoms with Gasteiger partial charge in [0, 0.05) is 23.0 Å². The standard InChI is InChI=1S/C27H38N4OS/c1-2-17-31(23-13-14-24-25(19-23)33-27(28)30-24)18-16-21-8-11-22(12-9-21)29-26(32)15-10-20-6-4-3-5-7-20/h3-7,10,15,21-23H,2,8-9,11-14,16-19H2,1H3,(H2,28,30)(H,29,32)/t21-,22-,23-/m0/s1. The molecule has 1 aromatic carbocycles. The minimum Gasteiger partial charge on any atom is -0.375 e. The third kappa shape index (κ3) is 6.90. The van der Waals surface area contributed by atoms with Gasteiger partial charge in [-0.05, 0) is 88.4 Å². The molecule has 6 heteroatoms. The van der Waals surface area contributed by atoms with Crippen LogP contribution in [-0.2, 0) is 17.6 Å². The first-order valence-electron chi connectivity index (χ1n) is 12.6. The maximum Gasteiger partial charge on any atom is 0.244 e. The zero-order chi connectivity index (χ0) is 23.0. The predicted octanol–water partition coefficient (Wildman–Crippen LogP) is 5.07. The summed E-state index contributed by atoms with van der Waals surface area (Å²) in [7, 11) is 0. The number of carbonyl (C=O) groups excluding carboxylic acids is 1. The maximum atomic E-state index is 12.3. The minimum absolute atomic E-state index is 0.0248. The third-order valence-corrected chi connectivity index (χ3v) is 8.15. The number of anilines is 1. The van der Waals surface area contributed by atoms with Crippen LogP contribution < -0.4 is 11.1 Å². The van der Waals surface area contributed by atoms with Gasteiger partial charge in [-0.3, -0.25) is 4.79 Å². The Kier molecular flexibility index (Phi) is 8.57. The van der Waals surface area contributed by atoms with E-state index in [0.29, 0.717) is 12.1 Å². The third-order valence-electron chi connectivity index (χ3n) is 7.20. The summed E-state index contributed by atoms with van der Waals surface area (Å²) in [5.41, 5.74) is 8.24. The van der Waals surface area contributed by atoms with E-state index in [4.69, 9.17) is 5.73 Å². The predicted molar refractivity (Wildman–Crippen MR) is 138 cm³/mol. The van der Waals surface area contributed by atoms with Gasteiger partial charge in [-0.25, -0.2) is 4.98 Å². The summed E-state index contributed by atoms with van der Waals surface area (Å²) in [4.78, 5) is 20.9. The van der Waals surface area contributed by atoms with Crippen LogP contribution in [0.4, 0.5) is 5.13 Å². The highest BCUT2D eigenvalue weighted by Crippen LogP contribution is 2.32. The van der Waals surface area contributed by atoms with Crippen molar-refractivity contribution in [2.24, 2.45) is 5.92 Å². The molecule has 1 saturated carbocycles. The molecule has 1 fully saturated rings. The van der Waals surface area contributed by atoms with Crippen molar-refractivity contribution in [3.63, 3.8) is 0 Å². The number of rotatable bonds is 9. The number of nitrogens with two attached hydrogens (primary N) is 1. The van der Waals surface area contributed by atoms with E-state index in [0.717, 1.165) is 42.3 Å². The summed E-state index contributed by atoms with van der Waals surface area (Å²) in [5.74, 6) is 0.798. The largest absolute Gasteiger partial charge is 0.375 e. The van der Waals surface area contributed by atoms with Crippen molar-refractivity contribution in [2.45, 2.75) is 76.8 Å². The van der Waals surface area contributed by atoms with Gasteiger partial charge in [0.15, 0.2) is 5.13 Å². The average Bonchev–Trinajstić information content (AvgIpc) is 3.21. The van der Waals surface area contributed by atoms with Crippen LogP contribution in [-0.4, -0.2) is 41.0 Å². The SMILES string of the molecule is CCCN(CC[C@H]1CC[C@H](NC(=O)C=Cc2ccccc2)CC1)[C@H]1CCc2nc(N)sc2C1. The highest BCUT2D eigenvalue weighted by molar-refractivity contribution is 7.15. The van der Waals surface area contributed by atoms with Crippen molar-refractivity contribution in [1.82, 2.24) is 15.2 Å². The van der Waals surface area contributed by atoms with E-state index in [2.05, 4.69) is 22.1 Å². The van der Waals surface area contributed by atoms with E-state index >= 15 is 0 Å². The Morgan fingerprint density at radius 1 is 1.18 bits per heavy atom. The van der Waals surface area contributed by atoms with Crippen molar-refractivity contribution in [2.75, 3.05) is 18.8 Å². The monoisotopic (exact) mass is 466 g/mol. The summed E-state index contributed by atoms with van der Waals surface area (Å²) in [5, 5.41) is 3.93. The van der Waals surface area contributed by atoms with Crippen LogP contribution in [0.25, 0.3) is 6.08 Å². The summed E-state index contributed by atoms with van der Waals surface area (Å²) in [6, 6.07) is 10.9. The van der Waals surface area contributed by atoms with Crippen LogP contribution in [0.15, 0.2) is 36.4 Å². The first kappa shape index (κ1) is 24.0. The lowest BCUT2D eigenvalue weighted by Crippen LogP contribution is -2.41. The number of nitrogens with zero attached hydrogens (tertiary/aromatic N) is 2. The van der Waals surface area contributed by atoms with E-state index in [9.17, 15) is 4.79 Å². The fraction of sp³-hybridized carbons (Fsp3) is 0.556. The topological polar surface area (TPSA) is 71.2 Å². The molecule has 0 unspecified atom stereocenters. The molecule has 1 heterocycles. The fourth-order valence-electron chi connectivity index (χ4n) is 5.38. The summed E-state index contributed by atoms with van der Waals surface area (Å²) in [6.45, 7) is 4.64. The number of nitrogens with one attached hydrogen (secondary N) is 1. The number of nitrogen functional groups attached to an aromatic ring is 1. The number of amides is 1. The quantitative estimate of drug-likeness (QED) is 0.506. The number of aryl methyl sites for hydroxylation is 1. The van der Waals surface area contributed by atoms with Crippen LogP contribution in [0, 0.1) is 5.92 Å². The Hall–Kier alpha value is -2.18. The van der Waals surface area contributed by atoms with E-state index in [1.54, 1.807) is 17.4 Å². The highest BCUT2D eigenvalue weighted by Gasteiger charge is 2.28. The Labute approximate surface area is 202 Å². The molecule has 2 aliphatic carbocycles. The number of thiazole rings is 1. The van der Waals surface area contributed by atoms with Crippen molar-refractivity contribution in [3.8, 4) is 0 Å². The van der Waals surface area contributed by atoms with Crippen molar-refractivity contribution < 1.29 is 4.79 Å². The smallest absolute Gasteiger partial charge is 0.244 e. The molecule has 33 heavy (non-hydrogen) atoms. The molecule has 0 radical (unpaired) electrons. The first-order valence-corrected chi connectivity index (χ1v) is 13.4. The molecule has 2 aliphatic rings. The zero-order valence-corrected chi connectivity index (χ0v) is 20.7. The Balaban J connectivity index is 1.19. The second kappa shape index (κ2) is 11.8. The van der Waals surface area contributed by atoms with Crippen LogP contribution in [0.3, 0.4) is 0 Å². The number of fused-ring (bicyclic) bond motifs is 1. The molecule has 0 aliphatic heterocycles. The van der Waals surface area contributed by atoms with Crippen LogP contribution in [0.5, 0.6) is 0 Å². The second-order valence-electron chi connectivity index (χ2n) is 9.61. The minimum atomic E-state index is 0.0248. The zero-order valence-electron chi connectivity index (χ0n) is 19.8. The summed E-state index contributed by atoms with van der Waals surface area (Å²) >= 11 is 1.68. The molecule has 4 rings (SSSR count). The molecule has 1 amide bonds. The van der Waals surface area contributed by atoms with Gasteiger partial charge >= 0.3 is 0 Å². The normalized spacial score (nSPS) is 23.0. The van der Waals surface area contributed by atoms with Crippen LogP contribution in [0.1, 0.15) is 68.0 Å². The Morgan fingerprint density at radius 3 is 2.73 bits per heavy atom. The lowest BCUT2D eigenvalue weighted by atomic mass is 9.83. The molecule has 3 N–H and O–H groups in total. The van der Waals surface area contributed by atoms with Gasteiger partial charge in [-0.15, -0.1) is 11.3 Å². The molecular weight excluding hydrogens is 428 g/mol. The molecule has 178 valence electrons. The van der Waals surface area contributed by atoms with Crippen LogP contribution in [0.2, 0.25) is 0 Å². The number of benzene rings is 1. The van der Waals surface area contributed by atoms with Crippen molar-refractivity contribution in [1.29, 1.82) is 0 Å². The Morgan fingerprint density at radius 2 is 1.97 bits per heavy atom. The summed E-state index contributed by atoms with van der Waals surface area (Å²) in [6.07, 6.45) is 14.0. The fourth-order valence-corrected chi connectivity index (χ4v) is 6.33. The van der Waals surface area contributed by atoms with Gasteiger partial charge in [0.25, 0.3) is 0 Å². The maximum absolute atomic E-state index is 12.3. The molecule has 0 saturated heterocycles. The molecule has 5 nitrogen and oxygen atoms in total. The molecular formula is C27H38N4OS. The lowest BCUT2D eigenvalue weighted by Gasteiger charge is -2.36. The number of aromatic nitrogens is 1. The average molecular weight is 467 g/mol. The van der Waals surface area contributed by atoms with Gasteiger partial charge in [-0.1, -0.05) is 37.3 Å². The van der Waals surface area contributed by atoms with Gasteiger partial charge < -0.3 is 16.0 Å². The number of hydrogen-bond donors (Lipinski definition) is 2. The van der Waals surface area contributed by atoms with Gasteiger partial charge in [-0.2, -0.15) is 0 Å². The molecule has 1 aromatic heterocycles. The van der Waals surface area contributed by atoms with E-state index in [-0.39, 0.29) is 5.91 Å². The number of carbonyl (C=O) groups is 1. The van der Waals surface area contributed by atoms with Gasteiger partial charge in [0.2, 0.25) is 5.91 Å². The highest BCUT2D eigenvalue weighted by atomic mass is 32.1. The van der Waals surface area contributed by atoms with Crippen molar-refractivity contribution >= 4 is 28.5 Å². The lowest BCUT2D eigenvalue weighted by molar-refractivity contribution is -0.117. The molecule has 0 bridgehead atoms. The van der Waals surface area contributed by atoms with E-state index < -0.39 is 0 Å². The molecule has 0 spiro atoms. The summed E-state index contributed by atoms with van der Waals surface area (Å²) < 4.78 is 0. The number of hydrogen-bond acceptors (Lipinski definition) is 5. The first-order chi connectivity index (χ1) is 16.1.